The van der Waals surface area contributed by atoms with E-state index in [1.165, 1.54) is 4.90 Å². The number of hydrogen-bond acceptors (Lipinski definition) is 2. The van der Waals surface area contributed by atoms with Crippen molar-refractivity contribution in [1.29, 1.82) is 0 Å². The third-order valence-electron chi connectivity index (χ3n) is 1.32. The second-order valence-corrected chi connectivity index (χ2v) is 1.98. The van der Waals surface area contributed by atoms with Crippen molar-refractivity contribution in [3.05, 3.63) is 0 Å². The highest BCUT2D eigenvalue weighted by atomic mass is 19.1. The summed E-state index contributed by atoms with van der Waals surface area (Å²) in [6, 6.07) is 0. The van der Waals surface area contributed by atoms with Crippen molar-refractivity contribution in [3.8, 4) is 0 Å². The van der Waals surface area contributed by atoms with Crippen LogP contribution in [0.25, 0.3) is 0 Å². The van der Waals surface area contributed by atoms with E-state index in [2.05, 4.69) is 4.74 Å². The third-order valence-corrected chi connectivity index (χ3v) is 1.32. The number of halogens is 1. The van der Waals surface area contributed by atoms with Crippen molar-refractivity contribution < 1.29 is 13.9 Å². The molecule has 0 saturated carbocycles. The maximum atomic E-state index is 11.5. The minimum Gasteiger partial charge on any atom is -0.447 e. The molecule has 0 bridgehead atoms. The lowest BCUT2D eigenvalue weighted by atomic mass is 10.5. The van der Waals surface area contributed by atoms with Crippen LogP contribution in [0.15, 0.2) is 0 Å². The molecule has 0 heterocycles. The fraction of sp³-hybridized carbons (Fsp3) is 0.857. The van der Waals surface area contributed by atoms with Crippen LogP contribution < -0.4 is 0 Å². The Hall–Kier alpha value is -0.800. The van der Waals surface area contributed by atoms with Gasteiger partial charge in [0.1, 0.15) is 13.3 Å². The SMILES string of the molecule is CCN(CC)C(=O)OCCF. The van der Waals surface area contributed by atoms with Gasteiger partial charge < -0.3 is 9.64 Å². The molecule has 4 heteroatoms. The molecular formula is C7H14FNO2. The summed E-state index contributed by atoms with van der Waals surface area (Å²) in [5.74, 6) is 0. The lowest BCUT2D eigenvalue weighted by Gasteiger charge is -2.17. The van der Waals surface area contributed by atoms with E-state index in [9.17, 15) is 9.18 Å². The summed E-state index contributed by atoms with van der Waals surface area (Å²) in [5, 5.41) is 0. The van der Waals surface area contributed by atoms with Crippen LogP contribution in [0.4, 0.5) is 9.18 Å². The maximum absolute atomic E-state index is 11.5. The first kappa shape index (κ1) is 10.2. The van der Waals surface area contributed by atoms with Gasteiger partial charge in [0.15, 0.2) is 0 Å². The van der Waals surface area contributed by atoms with Crippen LogP contribution in [-0.4, -0.2) is 37.4 Å². The molecule has 0 atom stereocenters. The first-order valence-corrected chi connectivity index (χ1v) is 3.73. The van der Waals surface area contributed by atoms with Crippen LogP contribution in [0.1, 0.15) is 13.8 Å². The van der Waals surface area contributed by atoms with Gasteiger partial charge in [0, 0.05) is 13.1 Å². The highest BCUT2D eigenvalue weighted by Gasteiger charge is 2.09. The largest absolute Gasteiger partial charge is 0.447 e. The van der Waals surface area contributed by atoms with E-state index in [0.717, 1.165) is 0 Å². The highest BCUT2D eigenvalue weighted by molar-refractivity contribution is 5.67. The molecule has 66 valence electrons. The predicted molar refractivity (Wildman–Crippen MR) is 40.2 cm³/mol. The van der Waals surface area contributed by atoms with E-state index in [0.29, 0.717) is 13.1 Å². The second-order valence-electron chi connectivity index (χ2n) is 1.98. The third kappa shape index (κ3) is 3.80. The number of rotatable bonds is 4. The minimum atomic E-state index is -0.618. The molecule has 0 aliphatic heterocycles. The van der Waals surface area contributed by atoms with Gasteiger partial charge in [-0.15, -0.1) is 0 Å². The van der Waals surface area contributed by atoms with Crippen molar-refractivity contribution in [2.45, 2.75) is 13.8 Å². The standard InChI is InChI=1S/C7H14FNO2/c1-3-9(4-2)7(10)11-6-5-8/h3-6H2,1-2H3. The van der Waals surface area contributed by atoms with Crippen LogP contribution >= 0.6 is 0 Å². The van der Waals surface area contributed by atoms with Crippen molar-refractivity contribution in [2.24, 2.45) is 0 Å². The van der Waals surface area contributed by atoms with E-state index >= 15 is 0 Å². The van der Waals surface area contributed by atoms with Crippen LogP contribution in [0.2, 0.25) is 0 Å². The summed E-state index contributed by atoms with van der Waals surface area (Å²) in [6.07, 6.45) is -0.437. The Kier molecular flexibility index (Phi) is 5.51. The molecule has 0 fully saturated rings. The number of hydrogen-bond donors (Lipinski definition) is 0. The molecular weight excluding hydrogens is 149 g/mol. The molecule has 0 unspecified atom stereocenters. The Morgan fingerprint density at radius 3 is 2.36 bits per heavy atom. The monoisotopic (exact) mass is 163 g/mol. The average Bonchev–Trinajstić information content (AvgIpc) is 2.03. The number of carbonyl (C=O) groups excluding carboxylic acids is 1. The molecule has 0 aromatic carbocycles. The molecule has 0 N–H and O–H groups in total. The minimum absolute atomic E-state index is 0.144. The van der Waals surface area contributed by atoms with Crippen LogP contribution in [-0.2, 0) is 4.74 Å². The van der Waals surface area contributed by atoms with Crippen LogP contribution in [0.3, 0.4) is 0 Å². The van der Waals surface area contributed by atoms with Gasteiger partial charge in [-0.1, -0.05) is 0 Å². The Morgan fingerprint density at radius 1 is 1.45 bits per heavy atom. The maximum Gasteiger partial charge on any atom is 0.409 e. The van der Waals surface area contributed by atoms with E-state index in [-0.39, 0.29) is 6.61 Å². The van der Waals surface area contributed by atoms with Gasteiger partial charge in [0.25, 0.3) is 0 Å². The van der Waals surface area contributed by atoms with Crippen LogP contribution in [0.5, 0.6) is 0 Å². The smallest absolute Gasteiger partial charge is 0.409 e. The molecule has 11 heavy (non-hydrogen) atoms. The summed E-state index contributed by atoms with van der Waals surface area (Å²) in [7, 11) is 0. The van der Waals surface area contributed by atoms with E-state index < -0.39 is 12.8 Å². The summed E-state index contributed by atoms with van der Waals surface area (Å²) in [5.41, 5.74) is 0. The van der Waals surface area contributed by atoms with Gasteiger partial charge in [-0.25, -0.2) is 9.18 Å². The predicted octanol–water partition coefficient (Wildman–Crippen LogP) is 1.43. The average molecular weight is 163 g/mol. The normalized spacial score (nSPS) is 9.36. The first-order chi connectivity index (χ1) is 5.26. The highest BCUT2D eigenvalue weighted by Crippen LogP contribution is 1.92. The van der Waals surface area contributed by atoms with Gasteiger partial charge >= 0.3 is 6.09 Å². The van der Waals surface area contributed by atoms with E-state index in [1.54, 1.807) is 0 Å². The fourth-order valence-electron chi connectivity index (χ4n) is 0.699. The number of nitrogens with zero attached hydrogens (tertiary/aromatic N) is 1. The van der Waals surface area contributed by atoms with E-state index in [4.69, 9.17) is 0 Å². The summed E-state index contributed by atoms with van der Waals surface area (Å²) in [4.78, 5) is 12.4. The van der Waals surface area contributed by atoms with Gasteiger partial charge in [0.2, 0.25) is 0 Å². The summed E-state index contributed by atoms with van der Waals surface area (Å²) < 4.78 is 16.1. The number of alkyl halides is 1. The summed E-state index contributed by atoms with van der Waals surface area (Å²) >= 11 is 0. The van der Waals surface area contributed by atoms with Crippen LogP contribution in [0, 0.1) is 0 Å². The van der Waals surface area contributed by atoms with Crippen molar-refractivity contribution in [1.82, 2.24) is 4.90 Å². The fourth-order valence-corrected chi connectivity index (χ4v) is 0.699. The molecule has 0 aromatic rings. The van der Waals surface area contributed by atoms with Gasteiger partial charge in [-0.3, -0.25) is 0 Å². The topological polar surface area (TPSA) is 29.5 Å². The first-order valence-electron chi connectivity index (χ1n) is 3.73. The van der Waals surface area contributed by atoms with Crippen molar-refractivity contribution in [2.75, 3.05) is 26.4 Å². The lowest BCUT2D eigenvalue weighted by Crippen LogP contribution is -2.31. The van der Waals surface area contributed by atoms with Crippen molar-refractivity contribution in [3.63, 3.8) is 0 Å². The zero-order valence-electron chi connectivity index (χ0n) is 6.97. The molecule has 0 aliphatic carbocycles. The van der Waals surface area contributed by atoms with Gasteiger partial charge in [-0.05, 0) is 13.8 Å². The molecule has 0 aliphatic rings. The van der Waals surface area contributed by atoms with Crippen molar-refractivity contribution >= 4 is 6.09 Å². The molecule has 0 spiro atoms. The van der Waals surface area contributed by atoms with Gasteiger partial charge in [-0.2, -0.15) is 0 Å². The molecule has 0 rings (SSSR count). The molecule has 3 nitrogen and oxygen atoms in total. The van der Waals surface area contributed by atoms with E-state index in [1.807, 2.05) is 13.8 Å². The summed E-state index contributed by atoms with van der Waals surface area (Å²) in [6.45, 7) is 4.13. The molecule has 0 saturated heterocycles. The molecule has 0 aromatic heterocycles. The Bertz CT molecular complexity index is 115. The quantitative estimate of drug-likeness (QED) is 0.627. The molecule has 1 amide bonds. The number of ether oxygens (including phenoxy) is 1. The number of amides is 1. The molecule has 0 radical (unpaired) electrons. The van der Waals surface area contributed by atoms with Gasteiger partial charge in [0.05, 0.1) is 0 Å². The second kappa shape index (κ2) is 5.95. The Morgan fingerprint density at radius 2 is 2.00 bits per heavy atom. The number of carbonyl (C=O) groups is 1. The lowest BCUT2D eigenvalue weighted by molar-refractivity contribution is 0.0998. The zero-order valence-corrected chi connectivity index (χ0v) is 6.97. The Balaban J connectivity index is 3.61. The zero-order chi connectivity index (χ0) is 8.69. The Labute approximate surface area is 66.1 Å².